The highest BCUT2D eigenvalue weighted by Crippen LogP contribution is 2.21. The second kappa shape index (κ2) is 6.00. The summed E-state index contributed by atoms with van der Waals surface area (Å²) in [6.45, 7) is 0. The molecule has 0 radical (unpaired) electrons. The van der Waals surface area contributed by atoms with Gasteiger partial charge in [0.15, 0.2) is 5.78 Å². The first-order chi connectivity index (χ1) is 9.06. The monoisotopic (exact) mass is 294 g/mol. The number of hydrogen-bond acceptors (Lipinski definition) is 1. The quantitative estimate of drug-likeness (QED) is 0.573. The molecule has 0 saturated carbocycles. The lowest BCUT2D eigenvalue weighted by Crippen LogP contribution is -1.95. The van der Waals surface area contributed by atoms with Gasteiger partial charge >= 0.3 is 0 Å². The third-order valence-electron chi connectivity index (χ3n) is 2.49. The molecule has 0 N–H and O–H groups in total. The second-order valence-corrected chi connectivity index (χ2v) is 4.72. The van der Waals surface area contributed by atoms with Crippen LogP contribution in [0.1, 0.15) is 15.9 Å². The van der Waals surface area contributed by atoms with E-state index in [4.69, 9.17) is 23.2 Å². The van der Waals surface area contributed by atoms with Gasteiger partial charge in [-0.1, -0.05) is 41.4 Å². The Morgan fingerprint density at radius 2 is 1.74 bits per heavy atom. The van der Waals surface area contributed by atoms with Gasteiger partial charge in [-0.25, -0.2) is 4.39 Å². The smallest absolute Gasteiger partial charge is 0.187 e. The lowest BCUT2D eigenvalue weighted by Gasteiger charge is -2.00. The number of carbonyl (C=O) groups excluding carboxylic acids is 1. The molecule has 0 saturated heterocycles. The maximum atomic E-state index is 12.7. The van der Waals surface area contributed by atoms with Crippen LogP contribution in [0.4, 0.5) is 4.39 Å². The van der Waals surface area contributed by atoms with Gasteiger partial charge in [-0.15, -0.1) is 0 Å². The van der Waals surface area contributed by atoms with Crippen molar-refractivity contribution >= 4 is 35.1 Å². The number of carbonyl (C=O) groups is 1. The molecular weight excluding hydrogens is 286 g/mol. The van der Waals surface area contributed by atoms with Crippen LogP contribution < -0.4 is 0 Å². The third-order valence-corrected chi connectivity index (χ3v) is 3.06. The molecule has 1 nitrogen and oxygen atoms in total. The summed E-state index contributed by atoms with van der Waals surface area (Å²) in [5.41, 5.74) is 1.07. The van der Waals surface area contributed by atoms with E-state index in [1.54, 1.807) is 30.3 Å². The minimum atomic E-state index is -0.318. The maximum Gasteiger partial charge on any atom is 0.187 e. The topological polar surface area (TPSA) is 17.1 Å². The van der Waals surface area contributed by atoms with Gasteiger partial charge < -0.3 is 0 Å². The molecule has 2 rings (SSSR count). The van der Waals surface area contributed by atoms with Gasteiger partial charge in [0.2, 0.25) is 0 Å². The second-order valence-electron chi connectivity index (χ2n) is 3.87. The molecule has 19 heavy (non-hydrogen) atoms. The van der Waals surface area contributed by atoms with Gasteiger partial charge in [0.1, 0.15) is 5.82 Å². The molecule has 0 aliphatic heterocycles. The van der Waals surface area contributed by atoms with E-state index in [0.717, 1.165) is 5.56 Å². The van der Waals surface area contributed by atoms with E-state index in [-0.39, 0.29) is 11.6 Å². The molecule has 0 heterocycles. The molecule has 0 fully saturated rings. The Balaban J connectivity index is 2.21. The molecule has 0 aromatic heterocycles. The highest BCUT2D eigenvalue weighted by molar-refractivity contribution is 6.36. The van der Waals surface area contributed by atoms with Crippen molar-refractivity contribution < 1.29 is 9.18 Å². The Morgan fingerprint density at radius 1 is 1.05 bits per heavy atom. The zero-order valence-corrected chi connectivity index (χ0v) is 11.3. The Morgan fingerprint density at radius 3 is 2.42 bits per heavy atom. The summed E-state index contributed by atoms with van der Waals surface area (Å²) in [4.78, 5) is 12.0. The number of hydrogen-bond donors (Lipinski definition) is 0. The first-order valence-corrected chi connectivity index (χ1v) is 6.25. The fraction of sp³-hybridized carbons (Fsp3) is 0. The van der Waals surface area contributed by atoms with Crippen LogP contribution in [0.2, 0.25) is 10.0 Å². The van der Waals surface area contributed by atoms with Crippen molar-refractivity contribution in [1.29, 1.82) is 0 Å². The standard InChI is InChI=1S/C15H9Cl2FO/c16-11-4-7-14(17)13(9-11)15(19)8-3-10-1-5-12(18)6-2-10/h1-9H/b8-3+. The summed E-state index contributed by atoms with van der Waals surface area (Å²) < 4.78 is 12.7. The molecule has 0 atom stereocenters. The van der Waals surface area contributed by atoms with Crippen LogP contribution in [-0.2, 0) is 0 Å². The van der Waals surface area contributed by atoms with Gasteiger partial charge in [-0.3, -0.25) is 4.79 Å². The number of rotatable bonds is 3. The van der Waals surface area contributed by atoms with Crippen LogP contribution in [-0.4, -0.2) is 5.78 Å². The van der Waals surface area contributed by atoms with Gasteiger partial charge in [-0.05, 0) is 42.0 Å². The first-order valence-electron chi connectivity index (χ1n) is 5.49. The van der Waals surface area contributed by atoms with Crippen molar-refractivity contribution in [2.75, 3.05) is 0 Å². The van der Waals surface area contributed by atoms with Gasteiger partial charge in [0.05, 0.1) is 5.02 Å². The summed E-state index contributed by atoms with van der Waals surface area (Å²) in [7, 11) is 0. The minimum absolute atomic E-state index is 0.253. The summed E-state index contributed by atoms with van der Waals surface area (Å²) in [5.74, 6) is -0.571. The first kappa shape index (κ1) is 13.8. The molecule has 2 aromatic rings. The summed E-state index contributed by atoms with van der Waals surface area (Å²) in [6, 6.07) is 10.5. The normalized spacial score (nSPS) is 10.9. The van der Waals surface area contributed by atoms with Crippen LogP contribution in [0.5, 0.6) is 0 Å². The van der Waals surface area contributed by atoms with E-state index in [1.165, 1.54) is 24.3 Å². The SMILES string of the molecule is O=C(/C=C/c1ccc(F)cc1)c1cc(Cl)ccc1Cl. The number of halogens is 3. The number of ketones is 1. The lowest BCUT2D eigenvalue weighted by atomic mass is 10.1. The van der Waals surface area contributed by atoms with Crippen LogP contribution >= 0.6 is 23.2 Å². The van der Waals surface area contributed by atoms with Gasteiger partial charge in [0.25, 0.3) is 0 Å². The molecule has 0 bridgehead atoms. The largest absolute Gasteiger partial charge is 0.289 e. The molecule has 2 aromatic carbocycles. The van der Waals surface area contributed by atoms with E-state index in [2.05, 4.69) is 0 Å². The Hall–Kier alpha value is -1.64. The average Bonchev–Trinajstić information content (AvgIpc) is 2.40. The summed E-state index contributed by atoms with van der Waals surface area (Å²) in [5, 5.41) is 0.793. The Labute approximate surface area is 120 Å². The third kappa shape index (κ3) is 3.66. The molecule has 0 aliphatic carbocycles. The summed E-state index contributed by atoms with van der Waals surface area (Å²) in [6.07, 6.45) is 2.98. The number of benzene rings is 2. The van der Waals surface area contributed by atoms with Gasteiger partial charge in [0, 0.05) is 10.6 Å². The van der Waals surface area contributed by atoms with Crippen molar-refractivity contribution in [3.8, 4) is 0 Å². The fourth-order valence-corrected chi connectivity index (χ4v) is 1.90. The predicted molar refractivity (Wildman–Crippen MR) is 76.2 cm³/mol. The fourth-order valence-electron chi connectivity index (χ4n) is 1.52. The molecular formula is C15H9Cl2FO. The van der Waals surface area contributed by atoms with E-state index >= 15 is 0 Å². The minimum Gasteiger partial charge on any atom is -0.289 e. The maximum absolute atomic E-state index is 12.7. The van der Waals surface area contributed by atoms with Crippen molar-refractivity contribution in [1.82, 2.24) is 0 Å². The molecule has 4 heteroatoms. The van der Waals surface area contributed by atoms with E-state index < -0.39 is 0 Å². The number of allylic oxidation sites excluding steroid dienone is 1. The zero-order chi connectivity index (χ0) is 13.8. The molecule has 0 aliphatic rings. The van der Waals surface area contributed by atoms with E-state index in [9.17, 15) is 9.18 Å². The Kier molecular flexibility index (Phi) is 4.35. The lowest BCUT2D eigenvalue weighted by molar-refractivity contribution is 0.104. The van der Waals surface area contributed by atoms with Crippen LogP contribution in [0.15, 0.2) is 48.5 Å². The average molecular weight is 295 g/mol. The van der Waals surface area contributed by atoms with Crippen LogP contribution in [0.3, 0.4) is 0 Å². The van der Waals surface area contributed by atoms with Gasteiger partial charge in [-0.2, -0.15) is 0 Å². The highest BCUT2D eigenvalue weighted by atomic mass is 35.5. The van der Waals surface area contributed by atoms with Crippen LogP contribution in [0.25, 0.3) is 6.08 Å². The molecule has 0 amide bonds. The molecule has 0 spiro atoms. The van der Waals surface area contributed by atoms with Crippen molar-refractivity contribution in [2.24, 2.45) is 0 Å². The highest BCUT2D eigenvalue weighted by Gasteiger charge is 2.07. The van der Waals surface area contributed by atoms with Crippen molar-refractivity contribution in [2.45, 2.75) is 0 Å². The van der Waals surface area contributed by atoms with Crippen LogP contribution in [0, 0.1) is 5.82 Å². The van der Waals surface area contributed by atoms with Crippen molar-refractivity contribution in [3.63, 3.8) is 0 Å². The zero-order valence-electron chi connectivity index (χ0n) is 9.74. The predicted octanol–water partition coefficient (Wildman–Crippen LogP) is 5.03. The van der Waals surface area contributed by atoms with E-state index in [0.29, 0.717) is 15.6 Å². The van der Waals surface area contributed by atoms with E-state index in [1.807, 2.05) is 0 Å². The molecule has 0 unspecified atom stereocenters. The summed E-state index contributed by atoms with van der Waals surface area (Å²) >= 11 is 11.7. The van der Waals surface area contributed by atoms with Crippen molar-refractivity contribution in [3.05, 3.63) is 75.5 Å². The molecule has 96 valence electrons. The Bertz CT molecular complexity index is 633.